The number of aromatic nitrogens is 2. The number of imidazole rings is 1. The predicted molar refractivity (Wildman–Crippen MR) is 127 cm³/mol. The SMILES string of the molecule is COC(=O)c1cc(C2CC2)ccc1Nc1ccc2c(c1)n(CC(F)(F)F)c(=O)n2-c1ccccc1. The van der Waals surface area contributed by atoms with Gasteiger partial charge in [0.1, 0.15) is 6.54 Å². The van der Waals surface area contributed by atoms with E-state index in [2.05, 4.69) is 5.32 Å². The van der Waals surface area contributed by atoms with Crippen LogP contribution in [0.4, 0.5) is 24.5 Å². The Kier molecular flexibility index (Phi) is 5.62. The van der Waals surface area contributed by atoms with Crippen LogP contribution in [0.3, 0.4) is 0 Å². The summed E-state index contributed by atoms with van der Waals surface area (Å²) >= 11 is 0. The first-order chi connectivity index (χ1) is 16.7. The fourth-order valence-electron chi connectivity index (χ4n) is 4.27. The molecule has 6 nitrogen and oxygen atoms in total. The Morgan fingerprint density at radius 1 is 1.03 bits per heavy atom. The molecule has 4 aromatic rings. The number of ether oxygens (including phenoxy) is 1. The second-order valence-corrected chi connectivity index (χ2v) is 8.55. The number of para-hydroxylation sites is 1. The van der Waals surface area contributed by atoms with Crippen LogP contribution in [-0.2, 0) is 11.3 Å². The van der Waals surface area contributed by atoms with Crippen molar-refractivity contribution in [3.05, 3.63) is 88.3 Å². The van der Waals surface area contributed by atoms with Gasteiger partial charge in [-0.3, -0.25) is 9.13 Å². The molecule has 1 aliphatic carbocycles. The van der Waals surface area contributed by atoms with Gasteiger partial charge >= 0.3 is 17.8 Å². The Bertz CT molecular complexity index is 1470. The summed E-state index contributed by atoms with van der Waals surface area (Å²) in [7, 11) is 1.30. The van der Waals surface area contributed by atoms with Crippen molar-refractivity contribution in [1.82, 2.24) is 9.13 Å². The number of carbonyl (C=O) groups is 1. The molecule has 0 unspecified atom stereocenters. The van der Waals surface area contributed by atoms with E-state index < -0.39 is 24.4 Å². The van der Waals surface area contributed by atoms with Gasteiger partial charge in [0.15, 0.2) is 0 Å². The van der Waals surface area contributed by atoms with Crippen LogP contribution in [0.5, 0.6) is 0 Å². The van der Waals surface area contributed by atoms with Crippen molar-refractivity contribution in [1.29, 1.82) is 0 Å². The van der Waals surface area contributed by atoms with Crippen molar-refractivity contribution in [2.24, 2.45) is 0 Å². The van der Waals surface area contributed by atoms with Gasteiger partial charge in [0.05, 0.1) is 35.1 Å². The fourth-order valence-corrected chi connectivity index (χ4v) is 4.27. The zero-order valence-electron chi connectivity index (χ0n) is 18.8. The highest BCUT2D eigenvalue weighted by atomic mass is 19.4. The fraction of sp³-hybridized carbons (Fsp3) is 0.231. The average Bonchev–Trinajstić information content (AvgIpc) is 3.65. The number of alkyl halides is 3. The number of fused-ring (bicyclic) bond motifs is 1. The Morgan fingerprint density at radius 3 is 2.43 bits per heavy atom. The van der Waals surface area contributed by atoms with Gasteiger partial charge in [-0.25, -0.2) is 9.59 Å². The molecule has 1 fully saturated rings. The van der Waals surface area contributed by atoms with Crippen LogP contribution in [0, 0.1) is 0 Å². The van der Waals surface area contributed by atoms with Crippen LogP contribution in [0.15, 0.2) is 71.5 Å². The van der Waals surface area contributed by atoms with Crippen LogP contribution in [0.1, 0.15) is 34.7 Å². The minimum Gasteiger partial charge on any atom is -0.465 e. The summed E-state index contributed by atoms with van der Waals surface area (Å²) in [5, 5.41) is 3.12. The van der Waals surface area contributed by atoms with Crippen molar-refractivity contribution in [3.63, 3.8) is 0 Å². The molecule has 0 radical (unpaired) electrons. The van der Waals surface area contributed by atoms with Crippen molar-refractivity contribution in [2.45, 2.75) is 31.5 Å². The Balaban J connectivity index is 1.61. The summed E-state index contributed by atoms with van der Waals surface area (Å²) in [6.45, 7) is -1.42. The molecule has 0 spiro atoms. The zero-order chi connectivity index (χ0) is 24.7. The molecule has 35 heavy (non-hydrogen) atoms. The molecule has 9 heteroatoms. The van der Waals surface area contributed by atoms with Crippen LogP contribution < -0.4 is 11.0 Å². The van der Waals surface area contributed by atoms with Crippen LogP contribution in [0.25, 0.3) is 16.7 Å². The highest BCUT2D eigenvalue weighted by molar-refractivity contribution is 5.97. The first kappa shape index (κ1) is 22.8. The number of nitrogens with zero attached hydrogens (tertiary/aromatic N) is 2. The number of esters is 1. The van der Waals surface area contributed by atoms with Crippen LogP contribution >= 0.6 is 0 Å². The smallest absolute Gasteiger partial charge is 0.406 e. The molecule has 180 valence electrons. The van der Waals surface area contributed by atoms with Gasteiger partial charge in [-0.05, 0) is 66.8 Å². The molecule has 0 amide bonds. The molecule has 5 rings (SSSR count). The standard InChI is InChI=1S/C26H22F3N3O3/c1-35-24(33)20-13-17(16-7-8-16)9-11-21(20)30-18-10-12-22-23(14-18)31(15-26(27,28)29)25(34)32(22)19-5-3-2-4-6-19/h2-6,9-14,16,30H,7-8,15H2,1H3. The maximum absolute atomic E-state index is 13.4. The number of hydrogen-bond donors (Lipinski definition) is 1. The average molecular weight is 481 g/mol. The molecule has 1 heterocycles. The van der Waals surface area contributed by atoms with E-state index >= 15 is 0 Å². The highest BCUT2D eigenvalue weighted by Gasteiger charge is 2.31. The molecule has 0 saturated heterocycles. The summed E-state index contributed by atoms with van der Waals surface area (Å²) < 4.78 is 47.0. The molecule has 1 N–H and O–H groups in total. The molecule has 1 aliphatic rings. The Morgan fingerprint density at radius 2 is 1.77 bits per heavy atom. The third-order valence-electron chi connectivity index (χ3n) is 6.06. The van der Waals surface area contributed by atoms with E-state index in [-0.39, 0.29) is 5.52 Å². The van der Waals surface area contributed by atoms with Crippen molar-refractivity contribution >= 4 is 28.4 Å². The summed E-state index contributed by atoms with van der Waals surface area (Å²) in [6, 6.07) is 18.7. The number of rotatable bonds is 6. The van der Waals surface area contributed by atoms with Gasteiger partial charge in [0, 0.05) is 5.69 Å². The van der Waals surface area contributed by atoms with E-state index in [4.69, 9.17) is 4.74 Å². The quantitative estimate of drug-likeness (QED) is 0.356. The molecule has 0 atom stereocenters. The summed E-state index contributed by atoms with van der Waals surface area (Å²) in [4.78, 5) is 25.5. The van der Waals surface area contributed by atoms with E-state index in [0.29, 0.717) is 38.6 Å². The Hall–Kier alpha value is -4.01. The molecule has 1 aromatic heterocycles. The second kappa shape index (κ2) is 8.65. The van der Waals surface area contributed by atoms with Gasteiger partial charge in [-0.15, -0.1) is 0 Å². The van der Waals surface area contributed by atoms with Gasteiger partial charge in [-0.2, -0.15) is 13.2 Å². The first-order valence-electron chi connectivity index (χ1n) is 11.1. The van der Waals surface area contributed by atoms with E-state index in [1.807, 2.05) is 6.07 Å². The van der Waals surface area contributed by atoms with E-state index in [1.165, 1.54) is 17.7 Å². The lowest BCUT2D eigenvalue weighted by Crippen LogP contribution is -2.29. The molecule has 1 saturated carbocycles. The summed E-state index contributed by atoms with van der Waals surface area (Å²) in [5.74, 6) is -0.0846. The number of hydrogen-bond acceptors (Lipinski definition) is 4. The molecular formula is C26H22F3N3O3. The number of halogens is 3. The normalized spacial score (nSPS) is 13.7. The second-order valence-electron chi connectivity index (χ2n) is 8.55. The number of nitrogens with one attached hydrogen (secondary N) is 1. The topological polar surface area (TPSA) is 65.3 Å². The lowest BCUT2D eigenvalue weighted by Gasteiger charge is -2.13. The maximum Gasteiger partial charge on any atom is 0.406 e. The van der Waals surface area contributed by atoms with Crippen LogP contribution in [-0.4, -0.2) is 28.4 Å². The third kappa shape index (κ3) is 4.53. The lowest BCUT2D eigenvalue weighted by molar-refractivity contribution is -0.140. The largest absolute Gasteiger partial charge is 0.465 e. The van der Waals surface area contributed by atoms with Crippen molar-refractivity contribution in [3.8, 4) is 5.69 Å². The number of methoxy groups -OCH3 is 1. The number of carbonyl (C=O) groups excluding carboxylic acids is 1. The van der Waals surface area contributed by atoms with E-state index in [9.17, 15) is 22.8 Å². The van der Waals surface area contributed by atoms with Gasteiger partial charge in [0.2, 0.25) is 0 Å². The van der Waals surface area contributed by atoms with E-state index in [1.54, 1.807) is 54.6 Å². The predicted octanol–water partition coefficient (Wildman–Crippen LogP) is 5.76. The lowest BCUT2D eigenvalue weighted by atomic mass is 10.0. The molecule has 0 aliphatic heterocycles. The number of benzene rings is 3. The summed E-state index contributed by atoms with van der Waals surface area (Å²) in [5.41, 5.74) is 2.42. The minimum atomic E-state index is -4.58. The molecular weight excluding hydrogens is 459 g/mol. The first-order valence-corrected chi connectivity index (χ1v) is 11.1. The van der Waals surface area contributed by atoms with Gasteiger partial charge < -0.3 is 10.1 Å². The van der Waals surface area contributed by atoms with Crippen molar-refractivity contribution < 1.29 is 22.7 Å². The maximum atomic E-state index is 13.4. The van der Waals surface area contributed by atoms with Crippen molar-refractivity contribution in [2.75, 3.05) is 12.4 Å². The monoisotopic (exact) mass is 481 g/mol. The highest BCUT2D eigenvalue weighted by Crippen LogP contribution is 2.41. The summed E-state index contributed by atoms with van der Waals surface area (Å²) in [6.07, 6.45) is -2.45. The molecule has 0 bridgehead atoms. The third-order valence-corrected chi connectivity index (χ3v) is 6.06. The van der Waals surface area contributed by atoms with Gasteiger partial charge in [-0.1, -0.05) is 24.3 Å². The van der Waals surface area contributed by atoms with E-state index in [0.717, 1.165) is 18.4 Å². The van der Waals surface area contributed by atoms with Crippen LogP contribution in [0.2, 0.25) is 0 Å². The van der Waals surface area contributed by atoms with Gasteiger partial charge in [0.25, 0.3) is 0 Å². The zero-order valence-corrected chi connectivity index (χ0v) is 18.8. The number of anilines is 2. The minimum absolute atomic E-state index is 0.121. The Labute approximate surface area is 198 Å². The molecule has 3 aromatic carbocycles.